The van der Waals surface area contributed by atoms with Crippen molar-refractivity contribution in [3.8, 4) is 0 Å². The minimum absolute atomic E-state index is 0. The van der Waals surface area contributed by atoms with E-state index < -0.39 is 12.7 Å². The molecule has 0 aromatic carbocycles. The Morgan fingerprint density at radius 3 is 2.60 bits per heavy atom. The molecular weight excluding hydrogens is 452 g/mol. The van der Waals surface area contributed by atoms with Gasteiger partial charge in [-0.15, -0.1) is 24.0 Å². The molecule has 1 heterocycles. The van der Waals surface area contributed by atoms with Gasteiger partial charge in [0.1, 0.15) is 0 Å². The maximum absolute atomic E-state index is 12.3. The molecule has 3 N–H and O–H groups in total. The molecule has 1 saturated heterocycles. The van der Waals surface area contributed by atoms with E-state index in [4.69, 9.17) is 4.74 Å². The average molecular weight is 482 g/mol. The summed E-state index contributed by atoms with van der Waals surface area (Å²) in [6, 6.07) is 0. The minimum atomic E-state index is -4.19. The Hall–Kier alpha value is -0.330. The number of guanidine groups is 1. The molecule has 0 aliphatic carbocycles. The highest BCUT2D eigenvalue weighted by molar-refractivity contribution is 14.0. The lowest BCUT2D eigenvalue weighted by atomic mass is 9.84. The maximum atomic E-state index is 12.3. The Kier molecular flexibility index (Phi) is 12.0. The predicted octanol–water partition coefficient (Wildman–Crippen LogP) is 1.44. The molecule has 1 aliphatic heterocycles. The molecule has 0 aromatic heterocycles. The third kappa shape index (κ3) is 10.4. The van der Waals surface area contributed by atoms with E-state index in [0.29, 0.717) is 45.2 Å². The van der Waals surface area contributed by atoms with E-state index in [1.54, 1.807) is 0 Å². The van der Waals surface area contributed by atoms with Crippen LogP contribution in [0.3, 0.4) is 0 Å². The maximum Gasteiger partial charge on any atom is 0.401 e. The molecule has 1 fully saturated rings. The molecule has 25 heavy (non-hydrogen) atoms. The largest absolute Gasteiger partial charge is 0.401 e. The Labute approximate surface area is 164 Å². The van der Waals surface area contributed by atoms with E-state index in [1.165, 1.54) is 11.9 Å². The first-order valence-corrected chi connectivity index (χ1v) is 8.26. The number of halogens is 4. The summed E-state index contributed by atoms with van der Waals surface area (Å²) >= 11 is 0. The number of hydrogen-bond acceptors (Lipinski definition) is 4. The van der Waals surface area contributed by atoms with Gasteiger partial charge in [0.15, 0.2) is 5.96 Å². The molecule has 0 spiro atoms. The second-order valence-electron chi connectivity index (χ2n) is 6.25. The Morgan fingerprint density at radius 1 is 1.36 bits per heavy atom. The second-order valence-corrected chi connectivity index (χ2v) is 6.25. The van der Waals surface area contributed by atoms with E-state index >= 15 is 0 Å². The van der Waals surface area contributed by atoms with Crippen molar-refractivity contribution in [1.82, 2.24) is 15.5 Å². The number of aliphatic hydroxyl groups excluding tert-OH is 1. The van der Waals surface area contributed by atoms with Gasteiger partial charge >= 0.3 is 6.18 Å². The van der Waals surface area contributed by atoms with Crippen molar-refractivity contribution in [3.63, 3.8) is 0 Å². The van der Waals surface area contributed by atoms with Crippen LogP contribution in [0.25, 0.3) is 0 Å². The van der Waals surface area contributed by atoms with E-state index in [9.17, 15) is 18.3 Å². The second kappa shape index (κ2) is 12.1. The molecular formula is C15H30F3IN4O2. The molecule has 1 unspecified atom stereocenters. The fraction of sp³-hybridized carbons (Fsp3) is 0.933. The van der Waals surface area contributed by atoms with Crippen molar-refractivity contribution in [1.29, 1.82) is 0 Å². The standard InChI is InChI=1S/C15H29F3N4O2.HI/c1-3-19-13(20-6-7-22(2)11-15(16,17)18)21-10-14(4-8-23)5-9-24-12-14;/h23H,3-12H2,1-2H3,(H2,19,20,21);1H. The number of hydrogen-bond donors (Lipinski definition) is 3. The van der Waals surface area contributed by atoms with Gasteiger partial charge in [-0.25, -0.2) is 0 Å². The molecule has 0 bridgehead atoms. The molecule has 0 amide bonds. The van der Waals surface area contributed by atoms with E-state index in [2.05, 4.69) is 15.6 Å². The molecule has 0 radical (unpaired) electrons. The van der Waals surface area contributed by atoms with Crippen LogP contribution in [-0.4, -0.2) is 81.7 Å². The molecule has 150 valence electrons. The number of alkyl halides is 3. The topological polar surface area (TPSA) is 69.1 Å². The summed E-state index contributed by atoms with van der Waals surface area (Å²) < 4.78 is 42.3. The predicted molar refractivity (Wildman–Crippen MR) is 103 cm³/mol. The van der Waals surface area contributed by atoms with Crippen LogP contribution in [0.1, 0.15) is 19.8 Å². The summed E-state index contributed by atoms with van der Waals surface area (Å²) in [5.41, 5.74) is -0.149. The molecule has 1 rings (SSSR count). The molecule has 0 aromatic rings. The average Bonchev–Trinajstić information content (AvgIpc) is 2.92. The van der Waals surface area contributed by atoms with Gasteiger partial charge in [-0.2, -0.15) is 13.2 Å². The van der Waals surface area contributed by atoms with Crippen LogP contribution in [0.15, 0.2) is 4.99 Å². The first kappa shape index (κ1) is 24.7. The zero-order valence-electron chi connectivity index (χ0n) is 14.9. The van der Waals surface area contributed by atoms with Crippen LogP contribution < -0.4 is 10.6 Å². The van der Waals surface area contributed by atoms with Gasteiger partial charge in [-0.1, -0.05) is 0 Å². The van der Waals surface area contributed by atoms with Gasteiger partial charge in [0.2, 0.25) is 0 Å². The van der Waals surface area contributed by atoms with Gasteiger partial charge < -0.3 is 20.5 Å². The molecule has 6 nitrogen and oxygen atoms in total. The lowest BCUT2D eigenvalue weighted by Crippen LogP contribution is -2.43. The fourth-order valence-corrected chi connectivity index (χ4v) is 2.63. The van der Waals surface area contributed by atoms with E-state index in [-0.39, 0.29) is 42.5 Å². The number of aliphatic hydroxyl groups is 1. The quantitative estimate of drug-likeness (QED) is 0.264. The van der Waals surface area contributed by atoms with Gasteiger partial charge in [0, 0.05) is 38.3 Å². The third-order valence-corrected chi connectivity index (χ3v) is 3.98. The van der Waals surface area contributed by atoms with Crippen molar-refractivity contribution in [3.05, 3.63) is 0 Å². The van der Waals surface area contributed by atoms with Crippen molar-refractivity contribution in [2.24, 2.45) is 10.4 Å². The first-order valence-electron chi connectivity index (χ1n) is 8.26. The van der Waals surface area contributed by atoms with E-state index in [0.717, 1.165) is 6.42 Å². The van der Waals surface area contributed by atoms with Gasteiger partial charge in [-0.3, -0.25) is 9.89 Å². The summed E-state index contributed by atoms with van der Waals surface area (Å²) in [7, 11) is 1.44. The summed E-state index contributed by atoms with van der Waals surface area (Å²) in [5.74, 6) is 0.571. The number of nitrogens with one attached hydrogen (secondary N) is 2. The fourth-order valence-electron chi connectivity index (χ4n) is 2.63. The zero-order valence-corrected chi connectivity index (χ0v) is 17.2. The highest BCUT2D eigenvalue weighted by atomic mass is 127. The van der Waals surface area contributed by atoms with Gasteiger partial charge in [0.25, 0.3) is 0 Å². The molecule has 0 saturated carbocycles. The van der Waals surface area contributed by atoms with Gasteiger partial charge in [0.05, 0.1) is 19.7 Å². The van der Waals surface area contributed by atoms with Crippen LogP contribution in [0.2, 0.25) is 0 Å². The number of aliphatic imine (C=N–C) groups is 1. The lowest BCUT2D eigenvalue weighted by Gasteiger charge is -2.25. The molecule has 1 aliphatic rings. The van der Waals surface area contributed by atoms with Gasteiger partial charge in [-0.05, 0) is 26.8 Å². The van der Waals surface area contributed by atoms with Crippen molar-refractivity contribution >= 4 is 29.9 Å². The summed E-state index contributed by atoms with van der Waals surface area (Å²) in [5, 5.41) is 15.4. The summed E-state index contributed by atoms with van der Waals surface area (Å²) in [6.45, 7) is 4.12. The Morgan fingerprint density at radius 2 is 2.08 bits per heavy atom. The third-order valence-electron chi connectivity index (χ3n) is 3.98. The first-order chi connectivity index (χ1) is 11.3. The normalized spacial score (nSPS) is 21.3. The van der Waals surface area contributed by atoms with Crippen molar-refractivity contribution in [2.75, 3.05) is 59.6 Å². The van der Waals surface area contributed by atoms with Crippen LogP contribution in [-0.2, 0) is 4.74 Å². The lowest BCUT2D eigenvalue weighted by molar-refractivity contribution is -0.142. The smallest absolute Gasteiger partial charge is 0.396 e. The number of rotatable bonds is 9. The van der Waals surface area contributed by atoms with Crippen molar-refractivity contribution < 1.29 is 23.0 Å². The molecule has 10 heteroatoms. The summed E-state index contributed by atoms with van der Waals surface area (Å²) in [4.78, 5) is 5.74. The molecule has 1 atom stereocenters. The number of likely N-dealkylation sites (N-methyl/N-ethyl adjacent to an activating group) is 1. The zero-order chi connectivity index (χ0) is 18.1. The number of nitrogens with zero attached hydrogens (tertiary/aromatic N) is 2. The van der Waals surface area contributed by atoms with Crippen LogP contribution >= 0.6 is 24.0 Å². The highest BCUT2D eigenvalue weighted by Crippen LogP contribution is 2.32. The minimum Gasteiger partial charge on any atom is -0.396 e. The number of ether oxygens (including phenoxy) is 1. The van der Waals surface area contributed by atoms with Crippen LogP contribution in [0, 0.1) is 5.41 Å². The Bertz CT molecular complexity index is 391. The SMILES string of the molecule is CCNC(=NCC1(CCO)CCOC1)NCCN(C)CC(F)(F)F.I. The van der Waals surface area contributed by atoms with E-state index in [1.807, 2.05) is 6.92 Å². The highest BCUT2D eigenvalue weighted by Gasteiger charge is 2.34. The monoisotopic (exact) mass is 482 g/mol. The Balaban J connectivity index is 0.00000576. The summed E-state index contributed by atoms with van der Waals surface area (Å²) in [6.07, 6.45) is -2.71. The van der Waals surface area contributed by atoms with Crippen molar-refractivity contribution in [2.45, 2.75) is 25.9 Å². The van der Waals surface area contributed by atoms with Crippen LogP contribution in [0.5, 0.6) is 0 Å². The van der Waals surface area contributed by atoms with Crippen LogP contribution in [0.4, 0.5) is 13.2 Å².